The molecule has 0 N–H and O–H groups in total. The maximum absolute atomic E-state index is 11.3. The topological polar surface area (TPSA) is 54.0 Å². The van der Waals surface area contributed by atoms with Gasteiger partial charge in [-0.3, -0.25) is 0 Å². The van der Waals surface area contributed by atoms with Crippen LogP contribution in [0.25, 0.3) is 0 Å². The zero-order valence-corrected chi connectivity index (χ0v) is 10.2. The molecule has 0 amide bonds. The number of carbonyl (C=O) groups excluding carboxylic acids is 1. The van der Waals surface area contributed by atoms with Gasteiger partial charge in [0, 0.05) is 13.0 Å². The first-order valence-corrected chi connectivity index (χ1v) is 5.96. The molecule has 0 saturated carbocycles. The fourth-order valence-corrected chi connectivity index (χ4v) is 2.30. The summed E-state index contributed by atoms with van der Waals surface area (Å²) < 4.78 is 21.9. The molecule has 1 saturated heterocycles. The van der Waals surface area contributed by atoms with E-state index in [4.69, 9.17) is 18.9 Å². The van der Waals surface area contributed by atoms with Crippen molar-refractivity contribution in [2.75, 3.05) is 20.3 Å². The number of carbonyl (C=O) groups is 1. The summed E-state index contributed by atoms with van der Waals surface area (Å²) >= 11 is 0. The van der Waals surface area contributed by atoms with Crippen molar-refractivity contribution in [3.63, 3.8) is 0 Å². The minimum atomic E-state index is -0.874. The SMILES string of the molecule is CCOC1(C2OC(=O)C=C2OC)CCCCO1. The Kier molecular flexibility index (Phi) is 3.69. The van der Waals surface area contributed by atoms with E-state index in [1.165, 1.54) is 13.2 Å². The third-order valence-electron chi connectivity index (χ3n) is 3.04. The normalized spacial score (nSPS) is 33.2. The van der Waals surface area contributed by atoms with Crippen molar-refractivity contribution in [3.05, 3.63) is 11.8 Å². The molecule has 2 rings (SSSR count). The molecular weight excluding hydrogens is 224 g/mol. The zero-order chi connectivity index (χ0) is 12.3. The van der Waals surface area contributed by atoms with Crippen molar-refractivity contribution in [2.24, 2.45) is 0 Å². The van der Waals surface area contributed by atoms with Gasteiger partial charge in [0.1, 0.15) is 5.76 Å². The Morgan fingerprint density at radius 1 is 1.53 bits per heavy atom. The smallest absolute Gasteiger partial charge is 0.335 e. The number of hydrogen-bond acceptors (Lipinski definition) is 5. The van der Waals surface area contributed by atoms with Gasteiger partial charge in [0.05, 0.1) is 19.8 Å². The van der Waals surface area contributed by atoms with Crippen LogP contribution >= 0.6 is 0 Å². The van der Waals surface area contributed by atoms with Crippen LogP contribution in [-0.4, -0.2) is 38.2 Å². The number of rotatable bonds is 4. The number of ether oxygens (including phenoxy) is 4. The van der Waals surface area contributed by atoms with Crippen molar-refractivity contribution in [1.29, 1.82) is 0 Å². The lowest BCUT2D eigenvalue weighted by Crippen LogP contribution is -2.51. The quantitative estimate of drug-likeness (QED) is 0.697. The van der Waals surface area contributed by atoms with E-state index < -0.39 is 17.9 Å². The molecule has 5 nitrogen and oxygen atoms in total. The molecule has 17 heavy (non-hydrogen) atoms. The molecule has 96 valence electrons. The van der Waals surface area contributed by atoms with E-state index in [1.54, 1.807) is 0 Å². The maximum Gasteiger partial charge on any atom is 0.335 e. The van der Waals surface area contributed by atoms with Gasteiger partial charge in [-0.2, -0.15) is 0 Å². The molecule has 0 spiro atoms. The van der Waals surface area contributed by atoms with Crippen LogP contribution in [0, 0.1) is 0 Å². The summed E-state index contributed by atoms with van der Waals surface area (Å²) in [6.45, 7) is 3.02. The van der Waals surface area contributed by atoms with E-state index in [9.17, 15) is 4.79 Å². The minimum Gasteiger partial charge on any atom is -0.497 e. The monoisotopic (exact) mass is 242 g/mol. The molecular formula is C12H18O5. The van der Waals surface area contributed by atoms with Gasteiger partial charge in [0.25, 0.3) is 0 Å². The lowest BCUT2D eigenvalue weighted by molar-refractivity contribution is -0.294. The summed E-state index contributed by atoms with van der Waals surface area (Å²) in [5, 5.41) is 0. The number of hydrogen-bond donors (Lipinski definition) is 0. The highest BCUT2D eigenvalue weighted by Gasteiger charge is 2.50. The van der Waals surface area contributed by atoms with Crippen molar-refractivity contribution in [3.8, 4) is 0 Å². The van der Waals surface area contributed by atoms with Crippen LogP contribution in [0.4, 0.5) is 0 Å². The Bertz CT molecular complexity index is 311. The first-order chi connectivity index (χ1) is 8.22. The summed E-state index contributed by atoms with van der Waals surface area (Å²) in [4.78, 5) is 11.3. The first-order valence-electron chi connectivity index (χ1n) is 5.96. The van der Waals surface area contributed by atoms with E-state index >= 15 is 0 Å². The molecule has 0 aromatic carbocycles. The molecule has 1 fully saturated rings. The van der Waals surface area contributed by atoms with E-state index in [0.29, 0.717) is 25.4 Å². The predicted molar refractivity (Wildman–Crippen MR) is 59.1 cm³/mol. The van der Waals surface area contributed by atoms with E-state index in [2.05, 4.69) is 0 Å². The Morgan fingerprint density at radius 2 is 2.35 bits per heavy atom. The summed E-state index contributed by atoms with van der Waals surface area (Å²) in [5.74, 6) is -0.800. The van der Waals surface area contributed by atoms with Crippen LogP contribution in [0.2, 0.25) is 0 Å². The van der Waals surface area contributed by atoms with Crippen molar-refractivity contribution < 1.29 is 23.7 Å². The molecule has 0 aromatic rings. The summed E-state index contributed by atoms with van der Waals surface area (Å²) in [5.41, 5.74) is 0. The largest absolute Gasteiger partial charge is 0.497 e. The average molecular weight is 242 g/mol. The highest BCUT2D eigenvalue weighted by molar-refractivity contribution is 5.85. The van der Waals surface area contributed by atoms with Gasteiger partial charge >= 0.3 is 5.97 Å². The molecule has 2 heterocycles. The Hall–Kier alpha value is -1.07. The standard InChI is InChI=1S/C12H18O5/c1-3-15-12(6-4-5-7-16-12)11-9(14-2)8-10(13)17-11/h8,11H,3-7H2,1-2H3. The van der Waals surface area contributed by atoms with Crippen LogP contribution in [0.3, 0.4) is 0 Å². The number of methoxy groups -OCH3 is 1. The van der Waals surface area contributed by atoms with Crippen molar-refractivity contribution in [2.45, 2.75) is 38.1 Å². The Morgan fingerprint density at radius 3 is 2.94 bits per heavy atom. The van der Waals surface area contributed by atoms with Crippen molar-refractivity contribution >= 4 is 5.97 Å². The second-order valence-electron chi connectivity index (χ2n) is 4.12. The van der Waals surface area contributed by atoms with E-state index in [-0.39, 0.29) is 0 Å². The third-order valence-corrected chi connectivity index (χ3v) is 3.04. The maximum atomic E-state index is 11.3. The molecule has 0 radical (unpaired) electrons. The minimum absolute atomic E-state index is 0.403. The molecule has 2 aliphatic heterocycles. The summed E-state index contributed by atoms with van der Waals surface area (Å²) in [7, 11) is 1.52. The van der Waals surface area contributed by atoms with E-state index in [1.807, 2.05) is 6.92 Å². The fourth-order valence-electron chi connectivity index (χ4n) is 2.30. The number of esters is 1. The molecule has 2 aliphatic rings. The number of cyclic esters (lactones) is 1. The molecule has 0 aromatic heterocycles. The second kappa shape index (κ2) is 5.06. The van der Waals surface area contributed by atoms with Gasteiger partial charge < -0.3 is 18.9 Å². The molecule has 2 atom stereocenters. The molecule has 5 heteroatoms. The van der Waals surface area contributed by atoms with Gasteiger partial charge in [-0.1, -0.05) is 0 Å². The summed E-state index contributed by atoms with van der Waals surface area (Å²) in [6.07, 6.45) is 3.47. The van der Waals surface area contributed by atoms with Crippen molar-refractivity contribution in [1.82, 2.24) is 0 Å². The first kappa shape index (κ1) is 12.4. The zero-order valence-electron chi connectivity index (χ0n) is 10.2. The molecule has 0 aliphatic carbocycles. The average Bonchev–Trinajstić information content (AvgIpc) is 2.73. The van der Waals surface area contributed by atoms with Crippen LogP contribution in [0.5, 0.6) is 0 Å². The molecule has 0 bridgehead atoms. The lowest BCUT2D eigenvalue weighted by Gasteiger charge is -2.40. The van der Waals surface area contributed by atoms with E-state index in [0.717, 1.165) is 12.8 Å². The van der Waals surface area contributed by atoms with Gasteiger partial charge in [-0.05, 0) is 19.8 Å². The van der Waals surface area contributed by atoms with Gasteiger partial charge in [0.2, 0.25) is 11.9 Å². The Labute approximate surface area is 101 Å². The van der Waals surface area contributed by atoms with Gasteiger partial charge in [0.15, 0.2) is 0 Å². The highest BCUT2D eigenvalue weighted by atomic mass is 16.7. The predicted octanol–water partition coefficient (Wildman–Crippen LogP) is 1.38. The Balaban J connectivity index is 2.21. The highest BCUT2D eigenvalue weighted by Crippen LogP contribution is 2.37. The fraction of sp³-hybridized carbons (Fsp3) is 0.750. The van der Waals surface area contributed by atoms with Crippen LogP contribution in [0.15, 0.2) is 11.8 Å². The van der Waals surface area contributed by atoms with Gasteiger partial charge in [-0.15, -0.1) is 0 Å². The van der Waals surface area contributed by atoms with Crippen LogP contribution < -0.4 is 0 Å². The molecule has 2 unspecified atom stereocenters. The lowest BCUT2D eigenvalue weighted by atomic mass is 9.98. The third kappa shape index (κ3) is 2.30. The summed E-state index contributed by atoms with van der Waals surface area (Å²) in [6, 6.07) is 0. The van der Waals surface area contributed by atoms with Crippen LogP contribution in [-0.2, 0) is 23.7 Å². The second-order valence-corrected chi connectivity index (χ2v) is 4.12. The van der Waals surface area contributed by atoms with Crippen LogP contribution in [0.1, 0.15) is 26.2 Å². The van der Waals surface area contributed by atoms with Gasteiger partial charge in [-0.25, -0.2) is 4.79 Å².